The Morgan fingerprint density at radius 3 is 1.81 bits per heavy atom. The number of rotatable bonds is 11. The summed E-state index contributed by atoms with van der Waals surface area (Å²) in [5.74, 6) is 1.32. The highest BCUT2D eigenvalue weighted by atomic mass is 16.5. The molecule has 2 N–H and O–H groups in total. The molecular formula is C21H24O5. The molecule has 2 aromatic carbocycles. The molecule has 0 aromatic heterocycles. The summed E-state index contributed by atoms with van der Waals surface area (Å²) in [6, 6.07) is 14.3. The molecule has 2 aromatic rings. The van der Waals surface area contributed by atoms with E-state index in [0.29, 0.717) is 37.4 Å². The van der Waals surface area contributed by atoms with Crippen molar-refractivity contribution >= 4 is 11.9 Å². The first-order valence-corrected chi connectivity index (χ1v) is 8.63. The van der Waals surface area contributed by atoms with Gasteiger partial charge in [0, 0.05) is 31.6 Å². The molecule has 26 heavy (non-hydrogen) atoms. The largest absolute Gasteiger partial charge is 0.494 e. The highest BCUT2D eigenvalue weighted by Crippen LogP contribution is 2.15. The van der Waals surface area contributed by atoms with Gasteiger partial charge in [0.1, 0.15) is 11.5 Å². The van der Waals surface area contributed by atoms with Crippen LogP contribution in [0, 0.1) is 0 Å². The van der Waals surface area contributed by atoms with Crippen LogP contribution >= 0.6 is 0 Å². The molecule has 0 spiro atoms. The molecule has 5 heteroatoms. The van der Waals surface area contributed by atoms with Gasteiger partial charge in [-0.15, -0.1) is 0 Å². The van der Waals surface area contributed by atoms with Crippen LogP contribution in [0.4, 0.5) is 0 Å². The van der Waals surface area contributed by atoms with Gasteiger partial charge in [-0.1, -0.05) is 18.2 Å². The maximum atomic E-state index is 12.2. The maximum Gasteiger partial charge on any atom is 0.185 e. The Bertz CT molecular complexity index is 689. The molecule has 0 aliphatic rings. The summed E-state index contributed by atoms with van der Waals surface area (Å²) in [5.41, 5.74) is 1.48. The molecule has 0 fully saturated rings. The number of hydrogen-bond acceptors (Lipinski definition) is 5. The topological polar surface area (TPSA) is 76.0 Å². The lowest BCUT2D eigenvalue weighted by Gasteiger charge is -2.05. The van der Waals surface area contributed by atoms with Crippen molar-refractivity contribution in [3.05, 3.63) is 65.7 Å². The maximum absolute atomic E-state index is 12.2. The minimum absolute atomic E-state index is 0.0878. The van der Waals surface area contributed by atoms with Gasteiger partial charge in [-0.2, -0.15) is 0 Å². The fourth-order valence-corrected chi connectivity index (χ4v) is 2.17. The quantitative estimate of drug-likeness (QED) is 0.368. The van der Waals surface area contributed by atoms with E-state index in [1.54, 1.807) is 30.3 Å². The molecule has 138 valence electrons. The monoisotopic (exact) mass is 356 g/mol. The molecule has 0 aliphatic carbocycles. The molecule has 0 unspecified atom stereocenters. The van der Waals surface area contributed by atoms with E-state index in [2.05, 4.69) is 0 Å². The minimum Gasteiger partial charge on any atom is -0.494 e. The number of hydrogen-bond donors (Lipinski definition) is 2. The standard InChI is InChI=1S/C21H24O5/c22-13-1-15-25-19-8-3-17(4-9-19)5-12-21(24)18-6-10-20(11-7-18)26-16-2-14-23/h3-12,22-23H,1-2,13-16H2. The third kappa shape index (κ3) is 6.70. The van der Waals surface area contributed by atoms with Crippen LogP contribution in [0.2, 0.25) is 0 Å². The first kappa shape index (κ1) is 19.7. The van der Waals surface area contributed by atoms with Crippen molar-refractivity contribution in [2.75, 3.05) is 26.4 Å². The van der Waals surface area contributed by atoms with Gasteiger partial charge in [-0.05, 0) is 48.0 Å². The Morgan fingerprint density at radius 1 is 0.808 bits per heavy atom. The van der Waals surface area contributed by atoms with Crippen molar-refractivity contribution in [1.29, 1.82) is 0 Å². The van der Waals surface area contributed by atoms with Gasteiger partial charge >= 0.3 is 0 Å². The Labute approximate surface area is 153 Å². The number of ether oxygens (including phenoxy) is 2. The summed E-state index contributed by atoms with van der Waals surface area (Å²) in [6.45, 7) is 1.13. The lowest BCUT2D eigenvalue weighted by Crippen LogP contribution is -2.00. The second-order valence-electron chi connectivity index (χ2n) is 5.64. The molecule has 0 saturated heterocycles. The third-order valence-electron chi connectivity index (χ3n) is 3.59. The minimum atomic E-state index is -0.0878. The van der Waals surface area contributed by atoms with Crippen molar-refractivity contribution in [1.82, 2.24) is 0 Å². The van der Waals surface area contributed by atoms with Crippen LogP contribution in [0.15, 0.2) is 54.6 Å². The number of aliphatic hydroxyl groups excluding tert-OH is 2. The summed E-state index contributed by atoms with van der Waals surface area (Å²) in [6.07, 6.45) is 4.46. The van der Waals surface area contributed by atoms with Gasteiger partial charge in [-0.3, -0.25) is 4.79 Å². The van der Waals surface area contributed by atoms with E-state index in [1.807, 2.05) is 24.3 Å². The molecule has 0 amide bonds. The van der Waals surface area contributed by atoms with Gasteiger partial charge < -0.3 is 19.7 Å². The Morgan fingerprint density at radius 2 is 1.31 bits per heavy atom. The fraction of sp³-hybridized carbons (Fsp3) is 0.286. The van der Waals surface area contributed by atoms with Crippen LogP contribution in [-0.2, 0) is 0 Å². The van der Waals surface area contributed by atoms with E-state index in [-0.39, 0.29) is 19.0 Å². The van der Waals surface area contributed by atoms with Crippen molar-refractivity contribution < 1.29 is 24.5 Å². The molecule has 0 atom stereocenters. The van der Waals surface area contributed by atoms with Crippen LogP contribution in [0.1, 0.15) is 28.8 Å². The highest BCUT2D eigenvalue weighted by molar-refractivity contribution is 6.06. The summed E-state index contributed by atoms with van der Waals surface area (Å²) in [5, 5.41) is 17.5. The van der Waals surface area contributed by atoms with E-state index in [0.717, 1.165) is 11.3 Å². The summed E-state index contributed by atoms with van der Waals surface area (Å²) in [7, 11) is 0. The second kappa shape index (κ2) is 11.1. The average Bonchev–Trinajstić information content (AvgIpc) is 2.68. The molecule has 0 aliphatic heterocycles. The van der Waals surface area contributed by atoms with Crippen LogP contribution in [-0.4, -0.2) is 42.4 Å². The number of ketones is 1. The number of carbonyl (C=O) groups excluding carboxylic acids is 1. The number of allylic oxidation sites excluding steroid dienone is 1. The van der Waals surface area contributed by atoms with Gasteiger partial charge in [0.15, 0.2) is 5.78 Å². The summed E-state index contributed by atoms with van der Waals surface area (Å²) < 4.78 is 10.9. The van der Waals surface area contributed by atoms with Crippen molar-refractivity contribution in [2.45, 2.75) is 12.8 Å². The first-order valence-electron chi connectivity index (χ1n) is 8.63. The zero-order valence-electron chi connectivity index (χ0n) is 14.6. The van der Waals surface area contributed by atoms with Crippen LogP contribution in [0.5, 0.6) is 11.5 Å². The summed E-state index contributed by atoms with van der Waals surface area (Å²) in [4.78, 5) is 12.2. The normalized spacial score (nSPS) is 10.8. The molecule has 0 bridgehead atoms. The van der Waals surface area contributed by atoms with Gasteiger partial charge in [0.05, 0.1) is 13.2 Å². The lowest BCUT2D eigenvalue weighted by molar-refractivity contribution is 0.104. The molecule has 5 nitrogen and oxygen atoms in total. The van der Waals surface area contributed by atoms with E-state index >= 15 is 0 Å². The number of aliphatic hydroxyl groups is 2. The van der Waals surface area contributed by atoms with E-state index in [9.17, 15) is 4.79 Å². The van der Waals surface area contributed by atoms with E-state index in [4.69, 9.17) is 19.7 Å². The molecule has 0 radical (unpaired) electrons. The SMILES string of the molecule is O=C(C=Cc1ccc(OCCCO)cc1)c1ccc(OCCCO)cc1. The van der Waals surface area contributed by atoms with Gasteiger partial charge in [-0.25, -0.2) is 0 Å². The van der Waals surface area contributed by atoms with Gasteiger partial charge in [0.25, 0.3) is 0 Å². The third-order valence-corrected chi connectivity index (χ3v) is 3.59. The van der Waals surface area contributed by atoms with Crippen LogP contribution in [0.3, 0.4) is 0 Å². The van der Waals surface area contributed by atoms with E-state index in [1.165, 1.54) is 6.08 Å². The number of carbonyl (C=O) groups is 1. The smallest absolute Gasteiger partial charge is 0.185 e. The molecule has 0 heterocycles. The first-order chi connectivity index (χ1) is 12.7. The Balaban J connectivity index is 1.88. The predicted molar refractivity (Wildman–Crippen MR) is 101 cm³/mol. The lowest BCUT2D eigenvalue weighted by atomic mass is 10.1. The zero-order valence-corrected chi connectivity index (χ0v) is 14.6. The predicted octanol–water partition coefficient (Wildman–Crippen LogP) is 3.11. The van der Waals surface area contributed by atoms with Crippen molar-refractivity contribution in [3.8, 4) is 11.5 Å². The van der Waals surface area contributed by atoms with Crippen molar-refractivity contribution in [3.63, 3.8) is 0 Å². The van der Waals surface area contributed by atoms with Crippen LogP contribution < -0.4 is 9.47 Å². The molecular weight excluding hydrogens is 332 g/mol. The zero-order chi connectivity index (χ0) is 18.6. The van der Waals surface area contributed by atoms with Crippen LogP contribution in [0.25, 0.3) is 6.08 Å². The fourth-order valence-electron chi connectivity index (χ4n) is 2.17. The van der Waals surface area contributed by atoms with Crippen molar-refractivity contribution in [2.24, 2.45) is 0 Å². The van der Waals surface area contributed by atoms with Gasteiger partial charge in [0.2, 0.25) is 0 Å². The summed E-state index contributed by atoms with van der Waals surface area (Å²) >= 11 is 0. The Hall–Kier alpha value is -2.63. The highest BCUT2D eigenvalue weighted by Gasteiger charge is 2.02. The number of benzene rings is 2. The average molecular weight is 356 g/mol. The second-order valence-corrected chi connectivity index (χ2v) is 5.64. The van der Waals surface area contributed by atoms with E-state index < -0.39 is 0 Å². The molecule has 0 saturated carbocycles. The molecule has 2 rings (SSSR count). The Kier molecular flexibility index (Phi) is 8.39.